The molecule has 84 valence electrons. The predicted octanol–water partition coefficient (Wildman–Crippen LogP) is 4.15. The Balaban J connectivity index is 2.06. The van der Waals surface area contributed by atoms with E-state index in [0.29, 0.717) is 0 Å². The van der Waals surface area contributed by atoms with Gasteiger partial charge in [-0.05, 0) is 25.1 Å². The van der Waals surface area contributed by atoms with Crippen LogP contribution in [0.4, 0.5) is 0 Å². The highest BCUT2D eigenvalue weighted by atomic mass is 32.2. The number of aryl methyl sites for hydroxylation is 1. The highest BCUT2D eigenvalue weighted by molar-refractivity contribution is 7.99. The van der Waals surface area contributed by atoms with Gasteiger partial charge in [0.15, 0.2) is 0 Å². The Labute approximate surface area is 108 Å². The third-order valence-corrected chi connectivity index (χ3v) is 4.36. The summed E-state index contributed by atoms with van der Waals surface area (Å²) in [7, 11) is 0. The SMILES string of the molecule is Cc1cc2c(Sc3ccccc3)ncnc2s1. The lowest BCUT2D eigenvalue weighted by Crippen LogP contribution is -1.82. The quantitative estimate of drug-likeness (QED) is 0.646. The third kappa shape index (κ3) is 2.18. The minimum Gasteiger partial charge on any atom is -0.229 e. The number of hydrogen-bond donors (Lipinski definition) is 0. The summed E-state index contributed by atoms with van der Waals surface area (Å²) in [5.41, 5.74) is 0. The first kappa shape index (κ1) is 10.7. The van der Waals surface area contributed by atoms with Gasteiger partial charge in [-0.3, -0.25) is 0 Å². The van der Waals surface area contributed by atoms with E-state index in [0.717, 1.165) is 15.2 Å². The monoisotopic (exact) mass is 258 g/mol. The minimum absolute atomic E-state index is 1.03. The molecule has 0 spiro atoms. The summed E-state index contributed by atoms with van der Waals surface area (Å²) in [5, 5.41) is 2.19. The maximum Gasteiger partial charge on any atom is 0.128 e. The summed E-state index contributed by atoms with van der Waals surface area (Å²) in [6, 6.07) is 12.5. The largest absolute Gasteiger partial charge is 0.229 e. The molecular weight excluding hydrogens is 248 g/mol. The van der Waals surface area contributed by atoms with Crippen LogP contribution in [0.5, 0.6) is 0 Å². The van der Waals surface area contributed by atoms with Crippen LogP contribution in [0.25, 0.3) is 10.2 Å². The summed E-state index contributed by atoms with van der Waals surface area (Å²) >= 11 is 3.40. The van der Waals surface area contributed by atoms with Gasteiger partial charge in [0.1, 0.15) is 16.2 Å². The van der Waals surface area contributed by atoms with Gasteiger partial charge in [-0.15, -0.1) is 11.3 Å². The molecule has 4 heteroatoms. The summed E-state index contributed by atoms with van der Waals surface area (Å²) in [5.74, 6) is 0. The predicted molar refractivity (Wildman–Crippen MR) is 72.7 cm³/mol. The van der Waals surface area contributed by atoms with Crippen molar-refractivity contribution in [3.8, 4) is 0 Å². The molecule has 0 unspecified atom stereocenters. The summed E-state index contributed by atoms with van der Waals surface area (Å²) in [6.45, 7) is 2.10. The zero-order valence-corrected chi connectivity index (χ0v) is 10.9. The minimum atomic E-state index is 1.03. The Bertz CT molecular complexity index is 647. The van der Waals surface area contributed by atoms with Gasteiger partial charge in [0.25, 0.3) is 0 Å². The van der Waals surface area contributed by atoms with E-state index in [-0.39, 0.29) is 0 Å². The average Bonchev–Trinajstić information content (AvgIpc) is 2.72. The van der Waals surface area contributed by atoms with Crippen molar-refractivity contribution in [1.29, 1.82) is 0 Å². The second-order valence-electron chi connectivity index (χ2n) is 3.67. The fraction of sp³-hybridized carbons (Fsp3) is 0.0769. The van der Waals surface area contributed by atoms with Gasteiger partial charge in [-0.1, -0.05) is 30.0 Å². The first-order valence-corrected chi connectivity index (χ1v) is 6.90. The number of thiophene rings is 1. The molecule has 2 heterocycles. The molecule has 0 aliphatic heterocycles. The van der Waals surface area contributed by atoms with Crippen molar-refractivity contribution >= 4 is 33.3 Å². The van der Waals surface area contributed by atoms with E-state index in [2.05, 4.69) is 35.1 Å². The summed E-state index contributed by atoms with van der Waals surface area (Å²) in [6.07, 6.45) is 1.64. The fourth-order valence-electron chi connectivity index (χ4n) is 1.64. The van der Waals surface area contributed by atoms with Crippen molar-refractivity contribution in [3.63, 3.8) is 0 Å². The first-order valence-electron chi connectivity index (χ1n) is 5.27. The second-order valence-corrected chi connectivity index (χ2v) is 5.97. The molecule has 0 aliphatic carbocycles. The van der Waals surface area contributed by atoms with Crippen molar-refractivity contribution in [2.45, 2.75) is 16.8 Å². The molecule has 3 rings (SSSR count). The van der Waals surface area contributed by atoms with Gasteiger partial charge in [-0.25, -0.2) is 9.97 Å². The van der Waals surface area contributed by atoms with Gasteiger partial charge in [-0.2, -0.15) is 0 Å². The maximum atomic E-state index is 4.37. The number of benzene rings is 1. The Morgan fingerprint density at radius 2 is 1.94 bits per heavy atom. The van der Waals surface area contributed by atoms with Crippen LogP contribution < -0.4 is 0 Å². The number of nitrogens with zero attached hydrogens (tertiary/aromatic N) is 2. The molecule has 0 saturated heterocycles. The van der Waals surface area contributed by atoms with E-state index in [1.807, 2.05) is 18.2 Å². The van der Waals surface area contributed by atoms with Gasteiger partial charge >= 0.3 is 0 Å². The Morgan fingerprint density at radius 1 is 1.12 bits per heavy atom. The zero-order valence-electron chi connectivity index (χ0n) is 9.25. The van der Waals surface area contributed by atoms with Crippen LogP contribution in [-0.2, 0) is 0 Å². The normalized spacial score (nSPS) is 10.9. The van der Waals surface area contributed by atoms with E-state index in [1.165, 1.54) is 9.77 Å². The van der Waals surface area contributed by atoms with Crippen LogP contribution in [-0.4, -0.2) is 9.97 Å². The number of hydrogen-bond acceptors (Lipinski definition) is 4. The molecule has 0 atom stereocenters. The van der Waals surface area contributed by atoms with Crippen molar-refractivity contribution < 1.29 is 0 Å². The van der Waals surface area contributed by atoms with Crippen molar-refractivity contribution in [2.24, 2.45) is 0 Å². The van der Waals surface area contributed by atoms with E-state index in [4.69, 9.17) is 0 Å². The Hall–Kier alpha value is -1.39. The molecule has 3 aromatic rings. The third-order valence-electron chi connectivity index (χ3n) is 2.37. The van der Waals surface area contributed by atoms with Crippen molar-refractivity contribution in [3.05, 3.63) is 47.6 Å². The van der Waals surface area contributed by atoms with Crippen LogP contribution in [0.1, 0.15) is 4.88 Å². The van der Waals surface area contributed by atoms with Gasteiger partial charge < -0.3 is 0 Å². The molecule has 17 heavy (non-hydrogen) atoms. The molecule has 1 aromatic carbocycles. The lowest BCUT2D eigenvalue weighted by Gasteiger charge is -2.00. The molecule has 0 amide bonds. The van der Waals surface area contributed by atoms with E-state index in [9.17, 15) is 0 Å². The van der Waals surface area contributed by atoms with E-state index in [1.54, 1.807) is 29.4 Å². The number of fused-ring (bicyclic) bond motifs is 1. The van der Waals surface area contributed by atoms with Gasteiger partial charge in [0, 0.05) is 15.2 Å². The lowest BCUT2D eigenvalue weighted by atomic mass is 10.4. The maximum absolute atomic E-state index is 4.37. The van der Waals surface area contributed by atoms with Crippen LogP contribution in [0, 0.1) is 6.92 Å². The molecule has 0 N–H and O–H groups in total. The molecule has 2 nitrogen and oxygen atoms in total. The molecule has 2 aromatic heterocycles. The highest BCUT2D eigenvalue weighted by Crippen LogP contribution is 2.33. The average molecular weight is 258 g/mol. The van der Waals surface area contributed by atoms with Crippen LogP contribution in [0.3, 0.4) is 0 Å². The lowest BCUT2D eigenvalue weighted by molar-refractivity contribution is 1.11. The smallest absolute Gasteiger partial charge is 0.128 e. The van der Waals surface area contributed by atoms with Crippen LogP contribution in [0.15, 0.2) is 52.6 Å². The van der Waals surface area contributed by atoms with Crippen molar-refractivity contribution in [2.75, 3.05) is 0 Å². The molecule has 0 radical (unpaired) electrons. The topological polar surface area (TPSA) is 25.8 Å². The molecule has 0 bridgehead atoms. The number of rotatable bonds is 2. The molecule has 0 fully saturated rings. The van der Waals surface area contributed by atoms with E-state index < -0.39 is 0 Å². The molecule has 0 saturated carbocycles. The Morgan fingerprint density at radius 3 is 2.76 bits per heavy atom. The molecular formula is C13H10N2S2. The fourth-order valence-corrected chi connectivity index (χ4v) is 3.43. The van der Waals surface area contributed by atoms with Crippen molar-refractivity contribution in [1.82, 2.24) is 9.97 Å². The molecule has 0 aliphatic rings. The first-order chi connectivity index (χ1) is 8.33. The Kier molecular flexibility index (Phi) is 2.82. The number of aromatic nitrogens is 2. The summed E-state index contributed by atoms with van der Waals surface area (Å²) < 4.78 is 0. The van der Waals surface area contributed by atoms with Crippen LogP contribution >= 0.6 is 23.1 Å². The van der Waals surface area contributed by atoms with E-state index >= 15 is 0 Å². The van der Waals surface area contributed by atoms with Gasteiger partial charge in [0.05, 0.1) is 0 Å². The second kappa shape index (κ2) is 4.47. The highest BCUT2D eigenvalue weighted by Gasteiger charge is 2.07. The van der Waals surface area contributed by atoms with Gasteiger partial charge in [0.2, 0.25) is 0 Å². The summed E-state index contributed by atoms with van der Waals surface area (Å²) in [4.78, 5) is 12.2. The zero-order chi connectivity index (χ0) is 11.7. The standard InChI is InChI=1S/C13H10N2S2/c1-9-7-11-12(16-9)14-8-15-13(11)17-10-5-3-2-4-6-10/h2-8H,1H3. The van der Waals surface area contributed by atoms with Crippen LogP contribution in [0.2, 0.25) is 0 Å².